The molecular formula is C48H55FN10O6S. The summed E-state index contributed by atoms with van der Waals surface area (Å²) >= 11 is 1.56. The number of benzene rings is 3. The van der Waals surface area contributed by atoms with Crippen LogP contribution in [0.15, 0.2) is 66.9 Å². The van der Waals surface area contributed by atoms with Crippen LogP contribution in [-0.4, -0.2) is 91.1 Å². The van der Waals surface area contributed by atoms with Gasteiger partial charge in [-0.15, -0.1) is 0 Å². The number of alkyl carbamates (subject to hydrolysis) is 1. The predicted octanol–water partition coefficient (Wildman–Crippen LogP) is 8.61. The van der Waals surface area contributed by atoms with Crippen molar-refractivity contribution in [3.8, 4) is 10.6 Å². The third-order valence-electron chi connectivity index (χ3n) is 13.2. The molecule has 16 nitrogen and oxygen atoms in total. The summed E-state index contributed by atoms with van der Waals surface area (Å²) in [5, 5.41) is 4.47. The van der Waals surface area contributed by atoms with Gasteiger partial charge in [0.15, 0.2) is 6.10 Å². The maximum absolute atomic E-state index is 13.9. The van der Waals surface area contributed by atoms with Gasteiger partial charge in [0, 0.05) is 18.7 Å². The Labute approximate surface area is 385 Å². The summed E-state index contributed by atoms with van der Waals surface area (Å²) in [7, 11) is 1.29. The van der Waals surface area contributed by atoms with Crippen LogP contribution in [0.25, 0.3) is 32.6 Å². The third kappa shape index (κ3) is 8.65. The van der Waals surface area contributed by atoms with Gasteiger partial charge in [-0.3, -0.25) is 9.59 Å². The van der Waals surface area contributed by atoms with Crippen molar-refractivity contribution in [3.05, 3.63) is 95.5 Å². The number of aromatic amines is 2. The van der Waals surface area contributed by atoms with E-state index >= 15 is 0 Å². The average molecular weight is 919 g/mol. The molecule has 6 aromatic rings. The van der Waals surface area contributed by atoms with Gasteiger partial charge in [0.1, 0.15) is 33.5 Å². The Kier molecular flexibility index (Phi) is 12.4. The number of nitrogens with one attached hydrogen (secondary N) is 3. The normalized spacial score (nSPS) is 20.8. The number of ether oxygens (including phenoxy) is 2. The molecule has 3 aliphatic heterocycles. The number of nitrogens with two attached hydrogens (primary N) is 1. The van der Waals surface area contributed by atoms with Crippen LogP contribution in [-0.2, 0) is 19.1 Å². The molecule has 0 saturated carbocycles. The maximum atomic E-state index is 13.9. The minimum absolute atomic E-state index is 0.0453. The zero-order valence-electron chi connectivity index (χ0n) is 37.6. The second kappa shape index (κ2) is 18.4. The highest BCUT2D eigenvalue weighted by atomic mass is 32.1. The van der Waals surface area contributed by atoms with Gasteiger partial charge in [0.2, 0.25) is 5.91 Å². The molecule has 0 radical (unpaired) electrons. The number of anilines is 1. The lowest BCUT2D eigenvalue weighted by atomic mass is 10.0. The molecule has 18 heteroatoms. The van der Waals surface area contributed by atoms with E-state index in [-0.39, 0.29) is 53.6 Å². The van der Waals surface area contributed by atoms with Crippen LogP contribution in [0.3, 0.4) is 0 Å². The number of hydrogen-bond donors (Lipinski definition) is 4. The van der Waals surface area contributed by atoms with Gasteiger partial charge >= 0.3 is 12.2 Å². The van der Waals surface area contributed by atoms with Crippen LogP contribution in [0, 0.1) is 17.7 Å². The Morgan fingerprint density at radius 1 is 0.773 bits per heavy atom. The van der Waals surface area contributed by atoms with Crippen LogP contribution < -0.4 is 16.0 Å². The number of aromatic nitrogens is 5. The molecule has 346 valence electrons. The second-order valence-corrected chi connectivity index (χ2v) is 19.2. The predicted molar refractivity (Wildman–Crippen MR) is 248 cm³/mol. The lowest BCUT2D eigenvalue weighted by molar-refractivity contribution is -0.143. The molecule has 3 fully saturated rings. The number of halogens is 1. The Morgan fingerprint density at radius 2 is 1.33 bits per heavy atom. The fourth-order valence-electron chi connectivity index (χ4n) is 9.98. The molecule has 66 heavy (non-hydrogen) atoms. The van der Waals surface area contributed by atoms with Crippen molar-refractivity contribution in [2.45, 2.75) is 103 Å². The number of carbonyl (C=O) groups is 4. The lowest BCUT2D eigenvalue weighted by Crippen LogP contribution is -2.51. The first kappa shape index (κ1) is 44.6. The van der Waals surface area contributed by atoms with Crippen LogP contribution >= 0.6 is 11.3 Å². The van der Waals surface area contributed by atoms with Crippen molar-refractivity contribution in [1.82, 2.24) is 40.0 Å². The van der Waals surface area contributed by atoms with Crippen LogP contribution in [0.5, 0.6) is 0 Å². The van der Waals surface area contributed by atoms with Crippen molar-refractivity contribution >= 4 is 62.4 Å². The van der Waals surface area contributed by atoms with E-state index in [1.807, 2.05) is 50.9 Å². The van der Waals surface area contributed by atoms with Crippen molar-refractivity contribution in [1.29, 1.82) is 0 Å². The molecule has 0 aliphatic carbocycles. The third-order valence-corrected chi connectivity index (χ3v) is 14.3. The zero-order chi connectivity index (χ0) is 46.4. The molecule has 6 heterocycles. The van der Waals surface area contributed by atoms with Gasteiger partial charge in [0.05, 0.1) is 59.5 Å². The van der Waals surface area contributed by atoms with Crippen molar-refractivity contribution in [2.75, 3.05) is 25.1 Å². The summed E-state index contributed by atoms with van der Waals surface area (Å²) in [6.07, 6.45) is 4.02. The number of carbonyl (C=O) groups excluding carboxylic acids is 4. The van der Waals surface area contributed by atoms with E-state index in [2.05, 4.69) is 44.5 Å². The van der Waals surface area contributed by atoms with Gasteiger partial charge in [-0.25, -0.2) is 28.9 Å². The number of primary amides is 1. The summed E-state index contributed by atoms with van der Waals surface area (Å²) in [5.74, 6) is 0.228. The quantitative estimate of drug-likeness (QED) is 0.0920. The van der Waals surface area contributed by atoms with Gasteiger partial charge in [-0.05, 0) is 110 Å². The fourth-order valence-corrected chi connectivity index (χ4v) is 11.0. The molecule has 1 unspecified atom stereocenters. The SMILES string of the molecule is COC(=O)N[C@H](C(=O)N1CCC[C@H]1c1nc2ccc([C@H]3CC[C@H](c4ccc5nc([C@@H]6CCCN6C(=O)C(OC(N)=O)C(C)C)[nH]c5c4)N3c3cnc(-c4ccc(F)cc4)s3)cc2[nH]1)C(C)C. The van der Waals surface area contributed by atoms with Gasteiger partial charge < -0.3 is 45.2 Å². The molecule has 0 bridgehead atoms. The molecule has 5 N–H and O–H groups in total. The zero-order valence-corrected chi connectivity index (χ0v) is 38.4. The smallest absolute Gasteiger partial charge is 0.407 e. The number of fused-ring (bicyclic) bond motifs is 2. The van der Waals surface area contributed by atoms with Crippen LogP contribution in [0.1, 0.15) is 113 Å². The average Bonchev–Trinajstić information content (AvgIpc) is 4.16. The molecule has 3 aliphatic rings. The Morgan fingerprint density at radius 3 is 1.85 bits per heavy atom. The number of amides is 4. The molecule has 3 aromatic heterocycles. The standard InChI is InChI=1S/C48H55FN10O6S/c1-25(2)40(56-48(63)64-5)45(60)57-20-6-8-37(57)42-52-31-16-12-28(22-33(31)54-42)35-18-19-36(59(35)39-24-51-44(66-39)27-10-14-30(49)15-11-27)29-13-17-32-34(23-29)55-43(53-32)38-9-7-21-58(38)46(61)41(26(3)4)65-47(50)62/h10-17,22-26,35-38,40-41H,6-9,18-21H2,1-5H3,(H2,50,62)(H,52,54)(H,53,55)(H,56,63)/t35-,36-,37+,38+,40+,41?/m1/s1. The number of hydrogen-bond acceptors (Lipinski definition) is 11. The summed E-state index contributed by atoms with van der Waals surface area (Å²) in [5.41, 5.74) is 11.6. The number of likely N-dealkylation sites (tertiary alicyclic amines) is 2. The van der Waals surface area contributed by atoms with E-state index in [4.69, 9.17) is 30.2 Å². The van der Waals surface area contributed by atoms with Crippen molar-refractivity contribution in [2.24, 2.45) is 17.6 Å². The summed E-state index contributed by atoms with van der Waals surface area (Å²) in [6, 6.07) is 17.6. The molecule has 3 aromatic carbocycles. The number of methoxy groups -OCH3 is 1. The van der Waals surface area contributed by atoms with E-state index in [0.717, 1.165) is 80.9 Å². The largest absolute Gasteiger partial charge is 0.453 e. The van der Waals surface area contributed by atoms with E-state index in [9.17, 15) is 23.6 Å². The van der Waals surface area contributed by atoms with Gasteiger partial charge in [0.25, 0.3) is 5.91 Å². The highest BCUT2D eigenvalue weighted by Gasteiger charge is 2.41. The van der Waals surface area contributed by atoms with Crippen LogP contribution in [0.4, 0.5) is 19.0 Å². The van der Waals surface area contributed by atoms with E-state index in [0.29, 0.717) is 31.2 Å². The Balaban J connectivity index is 1.02. The molecular weight excluding hydrogens is 864 g/mol. The van der Waals surface area contributed by atoms with Crippen molar-refractivity contribution < 1.29 is 33.0 Å². The van der Waals surface area contributed by atoms with E-state index in [1.54, 1.807) is 28.4 Å². The summed E-state index contributed by atoms with van der Waals surface area (Å²) < 4.78 is 24.0. The molecule has 6 atom stereocenters. The monoisotopic (exact) mass is 918 g/mol. The molecule has 0 spiro atoms. The highest BCUT2D eigenvalue weighted by Crippen LogP contribution is 2.50. The first-order valence-electron chi connectivity index (χ1n) is 22.7. The number of H-pyrrole nitrogens is 2. The Bertz CT molecular complexity index is 2770. The summed E-state index contributed by atoms with van der Waals surface area (Å²) in [4.78, 5) is 79.4. The topological polar surface area (TPSA) is 205 Å². The highest BCUT2D eigenvalue weighted by molar-refractivity contribution is 7.18. The van der Waals surface area contributed by atoms with E-state index < -0.39 is 24.3 Å². The number of imidazole rings is 2. The molecule has 4 amide bonds. The first-order valence-corrected chi connectivity index (χ1v) is 23.5. The number of nitrogens with zero attached hydrogens (tertiary/aromatic N) is 6. The second-order valence-electron chi connectivity index (χ2n) is 18.2. The minimum Gasteiger partial charge on any atom is -0.453 e. The van der Waals surface area contributed by atoms with Gasteiger partial charge in [-0.2, -0.15) is 0 Å². The number of rotatable bonds is 12. The van der Waals surface area contributed by atoms with E-state index in [1.165, 1.54) is 19.2 Å². The molecule has 3 saturated heterocycles. The first-order chi connectivity index (χ1) is 31.8. The molecule has 9 rings (SSSR count). The maximum Gasteiger partial charge on any atom is 0.407 e. The van der Waals surface area contributed by atoms with Crippen molar-refractivity contribution in [3.63, 3.8) is 0 Å². The number of thiazole rings is 1. The van der Waals surface area contributed by atoms with Crippen LogP contribution in [0.2, 0.25) is 0 Å². The Hall–Kier alpha value is -6.56. The lowest BCUT2D eigenvalue weighted by Gasteiger charge is -2.31. The minimum atomic E-state index is -0.985. The fraction of sp³-hybridized carbons (Fsp3) is 0.438. The van der Waals surface area contributed by atoms with Gasteiger partial charge in [-0.1, -0.05) is 51.2 Å². The summed E-state index contributed by atoms with van der Waals surface area (Å²) in [6.45, 7) is 8.52.